The maximum absolute atomic E-state index is 10.4. The van der Waals surface area contributed by atoms with Crippen LogP contribution in [-0.2, 0) is 9.53 Å². The monoisotopic (exact) mass is 234 g/mol. The van der Waals surface area contributed by atoms with Crippen LogP contribution in [0.1, 0.15) is 0 Å². The quantitative estimate of drug-likeness (QED) is 0.788. The van der Waals surface area contributed by atoms with Crippen molar-refractivity contribution in [3.8, 4) is 5.75 Å². The third-order valence-corrected chi connectivity index (χ3v) is 3.15. The highest BCUT2D eigenvalue weighted by Crippen LogP contribution is 2.36. The van der Waals surface area contributed by atoms with Gasteiger partial charge in [0.15, 0.2) is 0 Å². The highest BCUT2D eigenvalue weighted by molar-refractivity contribution is 5.75. The smallest absolute Gasteiger partial charge is 0.211 e. The van der Waals surface area contributed by atoms with Gasteiger partial charge in [0.2, 0.25) is 6.41 Å². The van der Waals surface area contributed by atoms with E-state index >= 15 is 0 Å². The van der Waals surface area contributed by atoms with E-state index < -0.39 is 0 Å². The van der Waals surface area contributed by atoms with Crippen molar-refractivity contribution in [2.24, 2.45) is 0 Å². The van der Waals surface area contributed by atoms with Crippen molar-refractivity contribution in [2.75, 3.05) is 36.6 Å². The molecule has 1 saturated heterocycles. The number of hydrogen-bond donors (Lipinski definition) is 1. The van der Waals surface area contributed by atoms with Crippen molar-refractivity contribution in [1.82, 2.24) is 0 Å². The SMILES string of the molecule is O=CNc1ccc2c(c1)OCCN2C1COC1. The summed E-state index contributed by atoms with van der Waals surface area (Å²) in [4.78, 5) is 12.7. The van der Waals surface area contributed by atoms with Gasteiger partial charge in [-0.2, -0.15) is 0 Å². The van der Waals surface area contributed by atoms with Gasteiger partial charge in [0.1, 0.15) is 12.4 Å². The lowest BCUT2D eigenvalue weighted by atomic mass is 10.1. The van der Waals surface area contributed by atoms with Gasteiger partial charge >= 0.3 is 0 Å². The molecule has 1 amide bonds. The second-order valence-electron chi connectivity index (χ2n) is 4.18. The molecule has 5 heteroatoms. The number of amides is 1. The number of carbonyl (C=O) groups excluding carboxylic acids is 1. The lowest BCUT2D eigenvalue weighted by Crippen LogP contribution is -2.52. The Morgan fingerprint density at radius 3 is 3.00 bits per heavy atom. The molecule has 90 valence electrons. The fourth-order valence-corrected chi connectivity index (χ4v) is 2.18. The predicted octanol–water partition coefficient (Wildman–Crippen LogP) is 0.853. The van der Waals surface area contributed by atoms with Gasteiger partial charge in [-0.1, -0.05) is 0 Å². The molecule has 1 aromatic rings. The fourth-order valence-electron chi connectivity index (χ4n) is 2.18. The minimum absolute atomic E-state index is 0.461. The third kappa shape index (κ3) is 1.82. The van der Waals surface area contributed by atoms with Crippen LogP contribution in [0.25, 0.3) is 0 Å². The van der Waals surface area contributed by atoms with E-state index in [1.807, 2.05) is 18.2 Å². The number of nitrogens with zero attached hydrogens (tertiary/aromatic N) is 1. The third-order valence-electron chi connectivity index (χ3n) is 3.15. The normalized spacial score (nSPS) is 18.9. The van der Waals surface area contributed by atoms with E-state index in [-0.39, 0.29) is 0 Å². The molecule has 2 aliphatic heterocycles. The molecular formula is C12H14N2O3. The summed E-state index contributed by atoms with van der Waals surface area (Å²) in [6, 6.07) is 6.19. The second kappa shape index (κ2) is 4.25. The Bertz CT molecular complexity index is 432. The summed E-state index contributed by atoms with van der Waals surface area (Å²) < 4.78 is 10.8. The molecule has 0 aromatic heterocycles. The molecule has 2 aliphatic rings. The summed E-state index contributed by atoms with van der Waals surface area (Å²) in [6.07, 6.45) is 0.669. The van der Waals surface area contributed by atoms with Gasteiger partial charge in [0.05, 0.1) is 31.5 Å². The van der Waals surface area contributed by atoms with Gasteiger partial charge in [-0.05, 0) is 12.1 Å². The molecule has 3 rings (SSSR count). The molecule has 0 spiro atoms. The van der Waals surface area contributed by atoms with E-state index in [0.717, 1.165) is 36.9 Å². The van der Waals surface area contributed by atoms with Crippen LogP contribution in [0.2, 0.25) is 0 Å². The summed E-state index contributed by atoms with van der Waals surface area (Å²) in [5, 5.41) is 2.63. The number of ether oxygens (including phenoxy) is 2. The predicted molar refractivity (Wildman–Crippen MR) is 63.6 cm³/mol. The molecule has 0 saturated carbocycles. The van der Waals surface area contributed by atoms with Gasteiger partial charge in [-0.15, -0.1) is 0 Å². The number of benzene rings is 1. The first-order chi connectivity index (χ1) is 8.38. The van der Waals surface area contributed by atoms with E-state index in [1.54, 1.807) is 0 Å². The Balaban J connectivity index is 1.89. The average Bonchev–Trinajstić information content (AvgIpc) is 2.27. The van der Waals surface area contributed by atoms with Crippen LogP contribution in [0, 0.1) is 0 Å². The molecule has 0 unspecified atom stereocenters. The Labute approximate surface area is 99.3 Å². The van der Waals surface area contributed by atoms with Crippen molar-refractivity contribution < 1.29 is 14.3 Å². The summed E-state index contributed by atoms with van der Waals surface area (Å²) in [5.74, 6) is 0.829. The first kappa shape index (κ1) is 10.4. The Morgan fingerprint density at radius 1 is 1.41 bits per heavy atom. The largest absolute Gasteiger partial charge is 0.489 e. The first-order valence-corrected chi connectivity index (χ1v) is 5.70. The zero-order valence-electron chi connectivity index (χ0n) is 9.39. The van der Waals surface area contributed by atoms with Crippen molar-refractivity contribution in [3.05, 3.63) is 18.2 Å². The van der Waals surface area contributed by atoms with Gasteiger partial charge in [-0.25, -0.2) is 0 Å². The lowest BCUT2D eigenvalue weighted by molar-refractivity contribution is -0.105. The number of anilines is 2. The molecule has 2 heterocycles. The van der Waals surface area contributed by atoms with Crippen LogP contribution in [0.15, 0.2) is 18.2 Å². The molecule has 0 atom stereocenters. The minimum atomic E-state index is 0.461. The molecule has 1 N–H and O–H groups in total. The standard InChI is InChI=1S/C12H14N2O3/c15-8-13-9-1-2-11-12(5-9)17-4-3-14(11)10-6-16-7-10/h1-2,5,8,10H,3-4,6-7H2,(H,13,15). The number of rotatable bonds is 3. The average molecular weight is 234 g/mol. The van der Waals surface area contributed by atoms with E-state index in [4.69, 9.17) is 9.47 Å². The van der Waals surface area contributed by atoms with E-state index in [1.165, 1.54) is 0 Å². The fraction of sp³-hybridized carbons (Fsp3) is 0.417. The molecule has 0 radical (unpaired) electrons. The van der Waals surface area contributed by atoms with E-state index in [2.05, 4.69) is 10.2 Å². The molecule has 17 heavy (non-hydrogen) atoms. The number of fused-ring (bicyclic) bond motifs is 1. The van der Waals surface area contributed by atoms with Gasteiger partial charge in [0, 0.05) is 11.8 Å². The first-order valence-electron chi connectivity index (χ1n) is 5.70. The topological polar surface area (TPSA) is 50.8 Å². The van der Waals surface area contributed by atoms with Crippen molar-refractivity contribution in [1.29, 1.82) is 0 Å². The van der Waals surface area contributed by atoms with Crippen LogP contribution in [0.3, 0.4) is 0 Å². The molecule has 0 aliphatic carbocycles. The number of hydrogen-bond acceptors (Lipinski definition) is 4. The Kier molecular flexibility index (Phi) is 2.60. The highest BCUT2D eigenvalue weighted by atomic mass is 16.5. The second-order valence-corrected chi connectivity index (χ2v) is 4.18. The highest BCUT2D eigenvalue weighted by Gasteiger charge is 2.30. The molecule has 0 bridgehead atoms. The van der Waals surface area contributed by atoms with Gasteiger partial charge in [-0.3, -0.25) is 4.79 Å². The van der Waals surface area contributed by atoms with E-state index in [9.17, 15) is 4.79 Å². The van der Waals surface area contributed by atoms with Crippen LogP contribution in [0.4, 0.5) is 11.4 Å². The number of nitrogens with one attached hydrogen (secondary N) is 1. The lowest BCUT2D eigenvalue weighted by Gasteiger charge is -2.41. The summed E-state index contributed by atoms with van der Waals surface area (Å²) >= 11 is 0. The number of carbonyl (C=O) groups is 1. The Morgan fingerprint density at radius 2 is 2.29 bits per heavy atom. The van der Waals surface area contributed by atoms with Crippen molar-refractivity contribution >= 4 is 17.8 Å². The zero-order chi connectivity index (χ0) is 11.7. The van der Waals surface area contributed by atoms with Crippen molar-refractivity contribution in [3.63, 3.8) is 0 Å². The van der Waals surface area contributed by atoms with Crippen LogP contribution in [-0.4, -0.2) is 38.8 Å². The minimum Gasteiger partial charge on any atom is -0.489 e. The van der Waals surface area contributed by atoms with Crippen LogP contribution < -0.4 is 15.0 Å². The van der Waals surface area contributed by atoms with Crippen LogP contribution >= 0.6 is 0 Å². The van der Waals surface area contributed by atoms with Gasteiger partial charge < -0.3 is 19.7 Å². The molecule has 5 nitrogen and oxygen atoms in total. The molecule has 1 aromatic carbocycles. The summed E-state index contributed by atoms with van der Waals surface area (Å²) in [5.41, 5.74) is 1.84. The molecular weight excluding hydrogens is 220 g/mol. The van der Waals surface area contributed by atoms with E-state index in [0.29, 0.717) is 19.1 Å². The summed E-state index contributed by atoms with van der Waals surface area (Å²) in [7, 11) is 0. The van der Waals surface area contributed by atoms with Crippen molar-refractivity contribution in [2.45, 2.75) is 6.04 Å². The Hall–Kier alpha value is -1.75. The zero-order valence-corrected chi connectivity index (χ0v) is 9.39. The van der Waals surface area contributed by atoms with Crippen LogP contribution in [0.5, 0.6) is 5.75 Å². The maximum Gasteiger partial charge on any atom is 0.211 e. The molecule has 1 fully saturated rings. The van der Waals surface area contributed by atoms with Gasteiger partial charge in [0.25, 0.3) is 0 Å². The maximum atomic E-state index is 10.4. The summed E-state index contributed by atoms with van der Waals surface area (Å²) in [6.45, 7) is 3.14.